The van der Waals surface area contributed by atoms with Crippen LogP contribution in [0.25, 0.3) is 0 Å². The molecule has 11 heavy (non-hydrogen) atoms. The standard InChI is InChI=1S/C7H8O.C2H6O/c8-6-7-4-2-1-3-5-7;1-2-3/h1-5,8H,6H2;3H,2H2,1H3. The Morgan fingerprint density at radius 3 is 1.82 bits per heavy atom. The van der Waals surface area contributed by atoms with Crippen molar-refractivity contribution in [1.82, 2.24) is 0 Å². The van der Waals surface area contributed by atoms with Gasteiger partial charge in [0.15, 0.2) is 0 Å². The van der Waals surface area contributed by atoms with Crippen LogP contribution in [0.5, 0.6) is 0 Å². The van der Waals surface area contributed by atoms with Gasteiger partial charge in [0.1, 0.15) is 0 Å². The van der Waals surface area contributed by atoms with Crippen molar-refractivity contribution in [1.29, 1.82) is 0 Å². The van der Waals surface area contributed by atoms with Gasteiger partial charge in [0.25, 0.3) is 0 Å². The fourth-order valence-electron chi connectivity index (χ4n) is 0.583. The van der Waals surface area contributed by atoms with E-state index in [0.717, 1.165) is 5.56 Å². The van der Waals surface area contributed by atoms with E-state index in [2.05, 4.69) is 0 Å². The topological polar surface area (TPSA) is 40.5 Å². The summed E-state index contributed by atoms with van der Waals surface area (Å²) in [7, 11) is 0. The molecule has 0 saturated carbocycles. The van der Waals surface area contributed by atoms with E-state index < -0.39 is 0 Å². The monoisotopic (exact) mass is 154 g/mol. The van der Waals surface area contributed by atoms with Crippen LogP contribution >= 0.6 is 0 Å². The van der Waals surface area contributed by atoms with Crippen molar-refractivity contribution in [2.45, 2.75) is 13.5 Å². The van der Waals surface area contributed by atoms with Gasteiger partial charge in [-0.25, -0.2) is 0 Å². The second-order valence-electron chi connectivity index (χ2n) is 1.96. The molecule has 0 aliphatic heterocycles. The van der Waals surface area contributed by atoms with Gasteiger partial charge in [-0.3, -0.25) is 0 Å². The molecule has 1 rings (SSSR count). The zero-order chi connectivity index (χ0) is 8.53. The van der Waals surface area contributed by atoms with Gasteiger partial charge in [0, 0.05) is 6.61 Å². The minimum Gasteiger partial charge on any atom is -0.397 e. The van der Waals surface area contributed by atoms with Crippen molar-refractivity contribution < 1.29 is 10.2 Å². The van der Waals surface area contributed by atoms with Gasteiger partial charge in [-0.15, -0.1) is 0 Å². The summed E-state index contributed by atoms with van der Waals surface area (Å²) in [5, 5.41) is 16.1. The Kier molecular flexibility index (Phi) is 6.68. The van der Waals surface area contributed by atoms with Crippen molar-refractivity contribution in [2.75, 3.05) is 6.61 Å². The predicted octanol–water partition coefficient (Wildman–Crippen LogP) is 1.18. The molecule has 2 nitrogen and oxygen atoms in total. The van der Waals surface area contributed by atoms with Crippen LogP contribution in [-0.2, 0) is 6.61 Å². The van der Waals surface area contributed by atoms with Gasteiger partial charge in [-0.05, 0) is 12.5 Å². The van der Waals surface area contributed by atoms with Crippen molar-refractivity contribution in [3.05, 3.63) is 35.9 Å². The first-order valence-corrected chi connectivity index (χ1v) is 3.60. The molecule has 0 saturated heterocycles. The molecule has 0 spiro atoms. The van der Waals surface area contributed by atoms with Crippen LogP contribution in [0.3, 0.4) is 0 Å². The first-order chi connectivity index (χ1) is 5.35. The smallest absolute Gasteiger partial charge is 0.0681 e. The first-order valence-electron chi connectivity index (χ1n) is 3.60. The van der Waals surface area contributed by atoms with Gasteiger partial charge in [-0.2, -0.15) is 0 Å². The van der Waals surface area contributed by atoms with Gasteiger partial charge >= 0.3 is 0 Å². The number of benzene rings is 1. The summed E-state index contributed by atoms with van der Waals surface area (Å²) in [4.78, 5) is 0. The predicted molar refractivity (Wildman–Crippen MR) is 45.1 cm³/mol. The van der Waals surface area contributed by atoms with Gasteiger partial charge in [-0.1, -0.05) is 30.3 Å². The SMILES string of the molecule is CCO.OCc1ccccc1. The van der Waals surface area contributed by atoms with E-state index in [0.29, 0.717) is 0 Å². The maximum absolute atomic E-state index is 8.54. The number of rotatable bonds is 1. The molecule has 0 atom stereocenters. The van der Waals surface area contributed by atoms with Crippen LogP contribution in [-0.4, -0.2) is 16.8 Å². The molecular formula is C9H14O2. The van der Waals surface area contributed by atoms with E-state index in [-0.39, 0.29) is 13.2 Å². The molecule has 0 unspecified atom stereocenters. The maximum atomic E-state index is 8.54. The molecule has 0 heterocycles. The summed E-state index contributed by atoms with van der Waals surface area (Å²) < 4.78 is 0. The molecule has 0 fully saturated rings. The summed E-state index contributed by atoms with van der Waals surface area (Å²) >= 11 is 0. The number of aliphatic hydroxyl groups is 2. The molecule has 0 aliphatic rings. The molecule has 0 radical (unpaired) electrons. The van der Waals surface area contributed by atoms with Crippen molar-refractivity contribution in [3.8, 4) is 0 Å². The molecule has 0 aromatic heterocycles. The Labute approximate surface area is 67.1 Å². The Bertz CT molecular complexity index is 160. The van der Waals surface area contributed by atoms with Crippen LogP contribution in [0.1, 0.15) is 12.5 Å². The average molecular weight is 154 g/mol. The molecule has 2 N–H and O–H groups in total. The van der Waals surface area contributed by atoms with Crippen LogP contribution in [0.4, 0.5) is 0 Å². The Hall–Kier alpha value is -0.860. The van der Waals surface area contributed by atoms with Gasteiger partial charge in [0.2, 0.25) is 0 Å². The minimum atomic E-state index is 0.140. The highest BCUT2D eigenvalue weighted by molar-refractivity contribution is 5.12. The zero-order valence-corrected chi connectivity index (χ0v) is 6.70. The Morgan fingerprint density at radius 2 is 1.55 bits per heavy atom. The van der Waals surface area contributed by atoms with Crippen LogP contribution in [0.15, 0.2) is 30.3 Å². The third-order valence-electron chi connectivity index (χ3n) is 1.03. The van der Waals surface area contributed by atoms with Crippen molar-refractivity contribution in [3.63, 3.8) is 0 Å². The highest BCUT2D eigenvalue weighted by atomic mass is 16.3. The first kappa shape index (κ1) is 10.1. The lowest BCUT2D eigenvalue weighted by Crippen LogP contribution is -1.77. The van der Waals surface area contributed by atoms with E-state index in [4.69, 9.17) is 10.2 Å². The molecule has 62 valence electrons. The Balaban J connectivity index is 0.000000292. The summed E-state index contributed by atoms with van der Waals surface area (Å²) in [5.74, 6) is 0. The van der Waals surface area contributed by atoms with Crippen LogP contribution < -0.4 is 0 Å². The number of hydrogen-bond donors (Lipinski definition) is 2. The molecule has 0 bridgehead atoms. The molecule has 2 heteroatoms. The Morgan fingerprint density at radius 1 is 1.09 bits per heavy atom. The highest BCUT2D eigenvalue weighted by Crippen LogP contribution is 1.95. The fourth-order valence-corrected chi connectivity index (χ4v) is 0.583. The lowest BCUT2D eigenvalue weighted by molar-refractivity contribution is 0.282. The second kappa shape index (κ2) is 7.25. The minimum absolute atomic E-state index is 0.140. The number of hydrogen-bond acceptors (Lipinski definition) is 2. The van der Waals surface area contributed by atoms with E-state index in [9.17, 15) is 0 Å². The average Bonchev–Trinajstić information content (AvgIpc) is 2.08. The second-order valence-corrected chi connectivity index (χ2v) is 1.96. The van der Waals surface area contributed by atoms with E-state index in [1.165, 1.54) is 0 Å². The molecule has 1 aromatic rings. The van der Waals surface area contributed by atoms with Gasteiger partial charge in [0.05, 0.1) is 6.61 Å². The summed E-state index contributed by atoms with van der Waals surface area (Å²) in [6.45, 7) is 2.07. The molecule has 1 aromatic carbocycles. The van der Waals surface area contributed by atoms with E-state index >= 15 is 0 Å². The molecular weight excluding hydrogens is 140 g/mol. The normalized spacial score (nSPS) is 8.27. The largest absolute Gasteiger partial charge is 0.397 e. The lowest BCUT2D eigenvalue weighted by Gasteiger charge is -1.89. The lowest BCUT2D eigenvalue weighted by atomic mass is 10.2. The maximum Gasteiger partial charge on any atom is 0.0681 e. The van der Waals surface area contributed by atoms with Crippen LogP contribution in [0, 0.1) is 0 Å². The van der Waals surface area contributed by atoms with Crippen molar-refractivity contribution in [2.24, 2.45) is 0 Å². The molecule has 0 aliphatic carbocycles. The van der Waals surface area contributed by atoms with Crippen molar-refractivity contribution >= 4 is 0 Å². The van der Waals surface area contributed by atoms with Crippen LogP contribution in [0.2, 0.25) is 0 Å². The quantitative estimate of drug-likeness (QED) is 0.637. The van der Waals surface area contributed by atoms with E-state index in [1.54, 1.807) is 6.92 Å². The fraction of sp³-hybridized carbons (Fsp3) is 0.333. The molecule has 0 amide bonds. The summed E-state index contributed by atoms with van der Waals surface area (Å²) in [6.07, 6.45) is 0. The van der Waals surface area contributed by atoms with Gasteiger partial charge < -0.3 is 10.2 Å². The van der Waals surface area contributed by atoms with E-state index in [1.807, 2.05) is 30.3 Å². The zero-order valence-electron chi connectivity index (χ0n) is 6.70. The third-order valence-corrected chi connectivity index (χ3v) is 1.03. The number of aliphatic hydroxyl groups excluding tert-OH is 2. The third kappa shape index (κ3) is 5.58. The summed E-state index contributed by atoms with van der Waals surface area (Å²) in [5.41, 5.74) is 0.965. The summed E-state index contributed by atoms with van der Waals surface area (Å²) in [6, 6.07) is 9.52. The highest BCUT2D eigenvalue weighted by Gasteiger charge is 1.81.